The van der Waals surface area contributed by atoms with Crippen molar-refractivity contribution in [3.8, 4) is 0 Å². The molecule has 28 heavy (non-hydrogen) atoms. The molecule has 0 fully saturated rings. The van der Waals surface area contributed by atoms with E-state index in [0.29, 0.717) is 18.0 Å². The maximum atomic E-state index is 12.9. The molecule has 4 rings (SSSR count). The van der Waals surface area contributed by atoms with Gasteiger partial charge in [-0.1, -0.05) is 26.0 Å². The minimum absolute atomic E-state index is 0.0623. The molecule has 0 unspecified atom stereocenters. The van der Waals surface area contributed by atoms with Crippen LogP contribution in [0, 0.1) is 0 Å². The second kappa shape index (κ2) is 7.62. The van der Waals surface area contributed by atoms with E-state index in [-0.39, 0.29) is 17.9 Å². The van der Waals surface area contributed by atoms with Gasteiger partial charge in [0.1, 0.15) is 5.52 Å². The van der Waals surface area contributed by atoms with Crippen LogP contribution in [0.5, 0.6) is 0 Å². The molecule has 2 heterocycles. The monoisotopic (exact) mass is 378 g/mol. The third-order valence-electron chi connectivity index (χ3n) is 5.45. The molecule has 1 N–H and O–H groups in total. The van der Waals surface area contributed by atoms with Gasteiger partial charge in [0, 0.05) is 36.6 Å². The van der Waals surface area contributed by atoms with E-state index in [1.807, 2.05) is 24.4 Å². The van der Waals surface area contributed by atoms with Crippen molar-refractivity contribution >= 4 is 17.1 Å². The van der Waals surface area contributed by atoms with Gasteiger partial charge in [0.15, 0.2) is 0 Å². The summed E-state index contributed by atoms with van der Waals surface area (Å²) in [6, 6.07) is 7.90. The Bertz CT molecular complexity index is 1080. The van der Waals surface area contributed by atoms with E-state index in [1.54, 1.807) is 15.3 Å². The fourth-order valence-corrected chi connectivity index (χ4v) is 3.85. The Balaban J connectivity index is 1.48. The molecule has 3 aromatic rings. The van der Waals surface area contributed by atoms with E-state index in [1.165, 1.54) is 5.56 Å². The van der Waals surface area contributed by atoms with Crippen molar-refractivity contribution in [1.29, 1.82) is 0 Å². The number of fused-ring (bicyclic) bond motifs is 3. The number of rotatable bonds is 5. The molecule has 0 radical (unpaired) electrons. The summed E-state index contributed by atoms with van der Waals surface area (Å²) in [7, 11) is 0. The lowest BCUT2D eigenvalue weighted by Gasteiger charge is -2.11. The molecule has 1 aliphatic rings. The van der Waals surface area contributed by atoms with Gasteiger partial charge in [-0.15, -0.1) is 0 Å². The molecule has 0 spiro atoms. The Labute approximate surface area is 164 Å². The van der Waals surface area contributed by atoms with Gasteiger partial charge in [-0.2, -0.15) is 5.10 Å². The lowest BCUT2D eigenvalue weighted by Crippen LogP contribution is -2.24. The summed E-state index contributed by atoms with van der Waals surface area (Å²) in [6.07, 6.45) is 7.86. The van der Waals surface area contributed by atoms with Crippen LogP contribution in [0.25, 0.3) is 5.52 Å². The summed E-state index contributed by atoms with van der Waals surface area (Å²) in [6.45, 7) is 4.60. The van der Waals surface area contributed by atoms with Gasteiger partial charge in [0.25, 0.3) is 5.56 Å². The van der Waals surface area contributed by atoms with Gasteiger partial charge >= 0.3 is 0 Å². The van der Waals surface area contributed by atoms with Gasteiger partial charge in [-0.3, -0.25) is 9.59 Å². The van der Waals surface area contributed by atoms with Crippen LogP contribution in [0.2, 0.25) is 0 Å². The smallest absolute Gasteiger partial charge is 0.276 e. The van der Waals surface area contributed by atoms with Crippen LogP contribution >= 0.6 is 0 Å². The Hall–Kier alpha value is -2.89. The van der Waals surface area contributed by atoms with Crippen LogP contribution in [0.4, 0.5) is 5.69 Å². The lowest BCUT2D eigenvalue weighted by atomic mass is 9.97. The van der Waals surface area contributed by atoms with Crippen LogP contribution in [-0.2, 0) is 24.2 Å². The first-order valence-electron chi connectivity index (χ1n) is 10.0. The van der Waals surface area contributed by atoms with Gasteiger partial charge in [-0.05, 0) is 49.3 Å². The van der Waals surface area contributed by atoms with E-state index in [4.69, 9.17) is 0 Å². The highest BCUT2D eigenvalue weighted by Gasteiger charge is 2.19. The summed E-state index contributed by atoms with van der Waals surface area (Å²) >= 11 is 0. The maximum Gasteiger partial charge on any atom is 0.276 e. The Morgan fingerprint density at radius 1 is 1.21 bits per heavy atom. The first kappa shape index (κ1) is 18.5. The van der Waals surface area contributed by atoms with Crippen molar-refractivity contribution in [2.75, 3.05) is 5.32 Å². The van der Waals surface area contributed by atoms with Crippen molar-refractivity contribution in [2.45, 2.75) is 58.4 Å². The fourth-order valence-electron chi connectivity index (χ4n) is 3.85. The summed E-state index contributed by atoms with van der Waals surface area (Å²) in [5.41, 5.74) is 4.72. The van der Waals surface area contributed by atoms with E-state index in [0.717, 1.165) is 42.6 Å². The molecule has 146 valence electrons. The molecule has 0 bridgehead atoms. The normalized spacial score (nSPS) is 13.7. The highest BCUT2D eigenvalue weighted by atomic mass is 16.2. The fraction of sp³-hybridized carbons (Fsp3) is 0.409. The average molecular weight is 378 g/mol. The topological polar surface area (TPSA) is 68.4 Å². The number of nitrogens with zero attached hydrogens (tertiary/aromatic N) is 3. The minimum Gasteiger partial charge on any atom is -0.326 e. The molecule has 0 aliphatic heterocycles. The predicted octanol–water partition coefficient (Wildman–Crippen LogP) is 3.53. The third kappa shape index (κ3) is 3.59. The number of aryl methyl sites for hydroxylation is 3. The number of amides is 1. The van der Waals surface area contributed by atoms with Gasteiger partial charge in [0.05, 0.1) is 5.69 Å². The van der Waals surface area contributed by atoms with E-state index >= 15 is 0 Å². The van der Waals surface area contributed by atoms with Crippen molar-refractivity contribution in [3.05, 3.63) is 63.8 Å². The first-order valence-corrected chi connectivity index (χ1v) is 10.0. The number of aromatic nitrogens is 3. The Morgan fingerprint density at radius 3 is 2.86 bits per heavy atom. The van der Waals surface area contributed by atoms with Crippen LogP contribution in [0.15, 0.2) is 41.5 Å². The number of nitrogens with one attached hydrogen (secondary N) is 1. The van der Waals surface area contributed by atoms with Gasteiger partial charge in [0.2, 0.25) is 5.91 Å². The molecule has 2 aromatic heterocycles. The standard InChI is InChI=1S/C22H26N4O2/c1-15(2)16-6-5-7-17(14-16)23-20(27)10-11-25-12-13-26-21(22(25)28)18-8-3-4-9-19(18)24-26/h5-7,12-15H,3-4,8-11H2,1-2H3,(H,23,27). The minimum atomic E-state index is -0.0942. The summed E-state index contributed by atoms with van der Waals surface area (Å²) in [4.78, 5) is 25.3. The molecule has 0 atom stereocenters. The molecular weight excluding hydrogens is 352 g/mol. The van der Waals surface area contributed by atoms with E-state index in [2.05, 4.69) is 30.3 Å². The molecule has 0 saturated carbocycles. The Kier molecular flexibility index (Phi) is 5.03. The van der Waals surface area contributed by atoms with Crippen LogP contribution in [0.3, 0.4) is 0 Å². The zero-order valence-electron chi connectivity index (χ0n) is 16.4. The second-order valence-corrected chi connectivity index (χ2v) is 7.80. The number of anilines is 1. The first-order chi connectivity index (χ1) is 13.5. The van der Waals surface area contributed by atoms with Crippen LogP contribution < -0.4 is 10.9 Å². The quantitative estimate of drug-likeness (QED) is 0.738. The van der Waals surface area contributed by atoms with Crippen LogP contribution in [-0.4, -0.2) is 20.1 Å². The van der Waals surface area contributed by atoms with Gasteiger partial charge in [-0.25, -0.2) is 4.52 Å². The molecule has 6 nitrogen and oxygen atoms in total. The summed E-state index contributed by atoms with van der Waals surface area (Å²) < 4.78 is 3.32. The number of hydrogen-bond donors (Lipinski definition) is 1. The molecule has 0 saturated heterocycles. The maximum absolute atomic E-state index is 12.9. The molecule has 1 amide bonds. The molecule has 6 heteroatoms. The van der Waals surface area contributed by atoms with Crippen molar-refractivity contribution < 1.29 is 4.79 Å². The largest absolute Gasteiger partial charge is 0.326 e. The number of hydrogen-bond acceptors (Lipinski definition) is 3. The third-order valence-corrected chi connectivity index (χ3v) is 5.45. The SMILES string of the molecule is CC(C)c1cccc(NC(=O)CCn2ccn3nc4c(c3c2=O)CCCC4)c1. The molecule has 1 aromatic carbocycles. The van der Waals surface area contributed by atoms with Crippen molar-refractivity contribution in [1.82, 2.24) is 14.2 Å². The highest BCUT2D eigenvalue weighted by molar-refractivity contribution is 5.90. The molecular formula is C22H26N4O2. The average Bonchev–Trinajstić information content (AvgIpc) is 3.07. The van der Waals surface area contributed by atoms with Crippen molar-refractivity contribution in [3.63, 3.8) is 0 Å². The zero-order valence-corrected chi connectivity index (χ0v) is 16.4. The summed E-state index contributed by atoms with van der Waals surface area (Å²) in [5.74, 6) is 0.312. The lowest BCUT2D eigenvalue weighted by molar-refractivity contribution is -0.116. The zero-order chi connectivity index (χ0) is 19.7. The van der Waals surface area contributed by atoms with Crippen molar-refractivity contribution in [2.24, 2.45) is 0 Å². The molecule has 1 aliphatic carbocycles. The number of benzene rings is 1. The number of carbonyl (C=O) groups excluding carboxylic acids is 1. The van der Waals surface area contributed by atoms with E-state index in [9.17, 15) is 9.59 Å². The highest BCUT2D eigenvalue weighted by Crippen LogP contribution is 2.22. The number of carbonyl (C=O) groups is 1. The predicted molar refractivity (Wildman–Crippen MR) is 110 cm³/mol. The van der Waals surface area contributed by atoms with E-state index < -0.39 is 0 Å². The van der Waals surface area contributed by atoms with Crippen LogP contribution in [0.1, 0.15) is 55.8 Å². The van der Waals surface area contributed by atoms with Gasteiger partial charge < -0.3 is 9.88 Å². The Morgan fingerprint density at radius 2 is 2.04 bits per heavy atom. The second-order valence-electron chi connectivity index (χ2n) is 7.80. The summed E-state index contributed by atoms with van der Waals surface area (Å²) in [5, 5.41) is 7.49.